The molecule has 3 amide bonds. The maximum absolute atomic E-state index is 14.7. The van der Waals surface area contributed by atoms with Gasteiger partial charge in [-0.2, -0.15) is 18.2 Å². The van der Waals surface area contributed by atoms with Crippen LogP contribution < -0.4 is 30.5 Å². The molecule has 0 aliphatic carbocycles. The Bertz CT molecular complexity index is 2130. The molecule has 3 N–H and O–H groups in total. The number of carbonyl (C=O) groups is 3. The second kappa shape index (κ2) is 19.8. The van der Waals surface area contributed by atoms with Crippen LogP contribution in [0.2, 0.25) is 20.1 Å². The van der Waals surface area contributed by atoms with Crippen molar-refractivity contribution in [3.05, 3.63) is 97.6 Å². The van der Waals surface area contributed by atoms with Crippen molar-refractivity contribution < 1.29 is 32.3 Å². The molecule has 6 rings (SSSR count). The smallest absolute Gasteiger partial charge is 0.421 e. The lowest BCUT2D eigenvalue weighted by atomic mass is 9.84. The van der Waals surface area contributed by atoms with Gasteiger partial charge in [0.15, 0.2) is 0 Å². The monoisotopic (exact) mass is 908 g/mol. The first-order valence-electron chi connectivity index (χ1n) is 19.1. The zero-order valence-electron chi connectivity index (χ0n) is 32.7. The summed E-state index contributed by atoms with van der Waals surface area (Å²) in [5.74, 6) is -1.63. The molecule has 19 heteroatoms. The molecular weight excluding hydrogens is 867 g/mol. The van der Waals surface area contributed by atoms with E-state index in [1.807, 2.05) is 6.07 Å². The zero-order chi connectivity index (χ0) is 43.1. The van der Waals surface area contributed by atoms with Gasteiger partial charge >= 0.3 is 6.18 Å². The Morgan fingerprint density at radius 3 is 1.85 bits per heavy atom. The van der Waals surface area contributed by atoms with Crippen molar-refractivity contribution in [2.24, 2.45) is 11.8 Å². The van der Waals surface area contributed by atoms with Crippen LogP contribution >= 0.6 is 46.4 Å². The number of ether oxygens (including phenoxy) is 1. The molecule has 2 fully saturated rings. The summed E-state index contributed by atoms with van der Waals surface area (Å²) in [6.45, 7) is 4.35. The summed E-state index contributed by atoms with van der Waals surface area (Å²) in [6.07, 6.45) is -3.75. The van der Waals surface area contributed by atoms with E-state index in [-0.39, 0.29) is 68.5 Å². The van der Waals surface area contributed by atoms with Crippen LogP contribution in [0.4, 0.5) is 36.3 Å². The lowest BCUT2D eigenvalue weighted by Crippen LogP contribution is -2.48. The normalized spacial score (nSPS) is 17.0. The molecule has 320 valence electrons. The third-order valence-electron chi connectivity index (χ3n) is 10.4. The van der Waals surface area contributed by atoms with Crippen molar-refractivity contribution in [2.45, 2.75) is 45.5 Å². The standard InChI is InChI=1S/C41H43Cl4F3N8O4/c1-24(57)54-9-11-55(12-10-54)29-5-8-35(36(18-29)60-2)52-40-51-21-30(41(46,47)48)39(53-40)56-22-27(16-37(58)49-19-25-3-6-31(42)33(44)14-25)13-28(23-56)17-38(59)50-20-26-4-7-32(43)34(45)15-26/h3-8,14-15,18,21,27-28H,9-13,16-17,19-20,22-23H2,1-2H3,(H,49,58)(H,50,59)(H,51,52,53)/t27-,28+. The predicted octanol–water partition coefficient (Wildman–Crippen LogP) is 8.39. The van der Waals surface area contributed by atoms with E-state index in [1.165, 1.54) is 12.0 Å². The van der Waals surface area contributed by atoms with Gasteiger partial charge < -0.3 is 35.4 Å². The summed E-state index contributed by atoms with van der Waals surface area (Å²) >= 11 is 24.4. The summed E-state index contributed by atoms with van der Waals surface area (Å²) < 4.78 is 49.7. The number of piperidine rings is 1. The largest absolute Gasteiger partial charge is 0.494 e. The van der Waals surface area contributed by atoms with E-state index >= 15 is 0 Å². The molecule has 3 aromatic carbocycles. The van der Waals surface area contributed by atoms with E-state index in [2.05, 4.69) is 30.8 Å². The third kappa shape index (κ3) is 11.8. The van der Waals surface area contributed by atoms with Gasteiger partial charge in [0.25, 0.3) is 0 Å². The Morgan fingerprint density at radius 2 is 1.35 bits per heavy atom. The van der Waals surface area contributed by atoms with Gasteiger partial charge in [0.2, 0.25) is 23.7 Å². The van der Waals surface area contributed by atoms with Gasteiger partial charge in [-0.1, -0.05) is 58.5 Å². The number of aromatic nitrogens is 2. The maximum atomic E-state index is 14.7. The lowest BCUT2D eigenvalue weighted by Gasteiger charge is -2.39. The molecule has 1 aromatic heterocycles. The summed E-state index contributed by atoms with van der Waals surface area (Å²) in [5, 5.41) is 10.2. The molecule has 60 heavy (non-hydrogen) atoms. The van der Waals surface area contributed by atoms with Gasteiger partial charge in [-0.25, -0.2) is 4.98 Å². The van der Waals surface area contributed by atoms with E-state index in [4.69, 9.17) is 51.1 Å². The molecule has 12 nitrogen and oxygen atoms in total. The molecule has 2 atom stereocenters. The number of halogens is 7. The molecule has 0 saturated carbocycles. The molecule has 2 aliphatic heterocycles. The van der Waals surface area contributed by atoms with E-state index < -0.39 is 23.6 Å². The first-order chi connectivity index (χ1) is 28.6. The highest BCUT2D eigenvalue weighted by Gasteiger charge is 2.40. The molecule has 2 aliphatic rings. The SMILES string of the molecule is COc1cc(N2CCN(C(C)=O)CC2)ccc1Nc1ncc(C(F)(F)F)c(N2C[C@H](CC(=O)NCc3ccc(Cl)c(Cl)c3)C[C@H](CC(=O)NCc3ccc(Cl)c(Cl)c3)C2)n1. The lowest BCUT2D eigenvalue weighted by molar-refractivity contribution is -0.137. The van der Waals surface area contributed by atoms with Crippen molar-refractivity contribution in [2.75, 3.05) is 61.5 Å². The number of hydrogen-bond donors (Lipinski definition) is 3. The van der Waals surface area contributed by atoms with E-state index in [0.717, 1.165) is 11.9 Å². The fourth-order valence-corrected chi connectivity index (χ4v) is 8.05. The van der Waals surface area contributed by atoms with Crippen LogP contribution in [0.25, 0.3) is 0 Å². The highest BCUT2D eigenvalue weighted by molar-refractivity contribution is 6.42. The van der Waals surface area contributed by atoms with Crippen molar-refractivity contribution in [1.29, 1.82) is 0 Å². The van der Waals surface area contributed by atoms with E-state index in [0.29, 0.717) is 75.3 Å². The van der Waals surface area contributed by atoms with Gasteiger partial charge in [-0.15, -0.1) is 0 Å². The van der Waals surface area contributed by atoms with Crippen LogP contribution in [0.3, 0.4) is 0 Å². The number of nitrogens with zero attached hydrogens (tertiary/aromatic N) is 5. The molecule has 0 spiro atoms. The topological polar surface area (TPSA) is 132 Å². The second-order valence-corrected chi connectivity index (χ2v) is 16.4. The fourth-order valence-electron chi connectivity index (χ4n) is 7.41. The van der Waals surface area contributed by atoms with E-state index in [9.17, 15) is 27.6 Å². The molecule has 3 heterocycles. The summed E-state index contributed by atoms with van der Waals surface area (Å²) in [7, 11) is 1.48. The van der Waals surface area contributed by atoms with Crippen molar-refractivity contribution in [3.63, 3.8) is 0 Å². The van der Waals surface area contributed by atoms with Crippen LogP contribution in [-0.2, 0) is 33.6 Å². The molecule has 0 bridgehead atoms. The highest BCUT2D eigenvalue weighted by Crippen LogP contribution is 2.40. The molecular formula is C41H43Cl4F3N8O4. The Hall–Kier alpha value is -4.70. The quantitative estimate of drug-likeness (QED) is 0.121. The zero-order valence-corrected chi connectivity index (χ0v) is 35.7. The summed E-state index contributed by atoms with van der Waals surface area (Å²) in [6, 6.07) is 15.4. The number of nitrogens with one attached hydrogen (secondary N) is 3. The van der Waals surface area contributed by atoms with Crippen LogP contribution in [0, 0.1) is 11.8 Å². The molecule has 0 radical (unpaired) electrons. The Morgan fingerprint density at radius 1 is 0.783 bits per heavy atom. The van der Waals surface area contributed by atoms with Gasteiger partial charge in [0.05, 0.1) is 32.9 Å². The first kappa shape index (κ1) is 44.8. The number of amides is 3. The predicted molar refractivity (Wildman–Crippen MR) is 227 cm³/mol. The van der Waals surface area contributed by atoms with Gasteiger partial charge in [0.1, 0.15) is 17.1 Å². The third-order valence-corrected chi connectivity index (χ3v) is 11.9. The van der Waals surface area contributed by atoms with Gasteiger partial charge in [0, 0.05) is 90.1 Å². The van der Waals surface area contributed by atoms with Crippen LogP contribution in [0.1, 0.15) is 42.9 Å². The van der Waals surface area contributed by atoms with Crippen LogP contribution in [-0.4, -0.2) is 79.0 Å². The molecule has 0 unspecified atom stereocenters. The van der Waals surface area contributed by atoms with Crippen LogP contribution in [0.15, 0.2) is 60.8 Å². The number of methoxy groups -OCH3 is 1. The number of hydrogen-bond acceptors (Lipinski definition) is 9. The average Bonchev–Trinajstić information content (AvgIpc) is 3.21. The fraction of sp³-hybridized carbons (Fsp3) is 0.390. The number of rotatable bonds is 13. The van der Waals surface area contributed by atoms with Crippen molar-refractivity contribution in [1.82, 2.24) is 25.5 Å². The summed E-state index contributed by atoms with van der Waals surface area (Å²) in [4.78, 5) is 52.2. The van der Waals surface area contributed by atoms with Gasteiger partial charge in [-0.05, 0) is 65.8 Å². The maximum Gasteiger partial charge on any atom is 0.421 e. The molecule has 2 saturated heterocycles. The number of anilines is 4. The van der Waals surface area contributed by atoms with Crippen LogP contribution in [0.5, 0.6) is 5.75 Å². The Labute approximate surface area is 365 Å². The van der Waals surface area contributed by atoms with Crippen molar-refractivity contribution in [3.8, 4) is 5.75 Å². The van der Waals surface area contributed by atoms with E-state index in [1.54, 1.807) is 60.4 Å². The highest BCUT2D eigenvalue weighted by atomic mass is 35.5. The second-order valence-electron chi connectivity index (χ2n) is 14.8. The minimum atomic E-state index is -4.82. The number of benzene rings is 3. The Balaban J connectivity index is 1.22. The number of alkyl halides is 3. The minimum absolute atomic E-state index is 0.0157. The average molecular weight is 911 g/mol. The Kier molecular flexibility index (Phi) is 14.8. The number of carbonyl (C=O) groups excluding carboxylic acids is 3. The molecule has 4 aromatic rings. The minimum Gasteiger partial charge on any atom is -0.494 e. The number of piperazine rings is 1. The van der Waals surface area contributed by atoms with Gasteiger partial charge in [-0.3, -0.25) is 14.4 Å². The summed E-state index contributed by atoms with van der Waals surface area (Å²) in [5.41, 5.74) is 1.64. The van der Waals surface area contributed by atoms with Crippen molar-refractivity contribution >= 4 is 87.3 Å². The first-order valence-corrected chi connectivity index (χ1v) is 20.6.